The van der Waals surface area contributed by atoms with Crippen LogP contribution in [0.1, 0.15) is 169 Å². The molecule has 742 valence electrons. The van der Waals surface area contributed by atoms with Crippen LogP contribution in [0.15, 0.2) is 202 Å². The first-order valence-electron chi connectivity index (χ1n) is 38.7. The summed E-state index contributed by atoms with van der Waals surface area (Å²) in [5.41, 5.74) is 9.48. The predicted molar refractivity (Wildman–Crippen MR) is 502 cm³/mol. The van der Waals surface area contributed by atoms with E-state index in [1.807, 2.05) is 103 Å². The van der Waals surface area contributed by atoms with Gasteiger partial charge in [-0.05, 0) is 139 Å². The number of esters is 4. The van der Waals surface area contributed by atoms with E-state index < -0.39 is 47.9 Å². The summed E-state index contributed by atoms with van der Waals surface area (Å²) in [6, 6.07) is 46.4. The van der Waals surface area contributed by atoms with Gasteiger partial charge in [-0.25, -0.2) is 64.2 Å². The van der Waals surface area contributed by atoms with Gasteiger partial charge in [-0.15, -0.1) is 48.8 Å². The fourth-order valence-electron chi connectivity index (χ4n) is 10.7. The maximum absolute atomic E-state index is 11.6. The maximum atomic E-state index is 11.6. The van der Waals surface area contributed by atoms with Gasteiger partial charge in [-0.2, -0.15) is 21.0 Å². The summed E-state index contributed by atoms with van der Waals surface area (Å²) in [5, 5.41) is 82.5. The number of carboxylic acid groups (broad SMARTS) is 1. The summed E-state index contributed by atoms with van der Waals surface area (Å²) in [7, 11) is 8.36. The number of nitriles is 4. The summed E-state index contributed by atoms with van der Waals surface area (Å²) in [4.78, 5) is 105. The van der Waals surface area contributed by atoms with Crippen molar-refractivity contribution < 1.29 is 183 Å². The first-order valence-corrected chi connectivity index (χ1v) is 43.0. The van der Waals surface area contributed by atoms with Gasteiger partial charge in [0.25, 0.3) is 5.97 Å². The van der Waals surface area contributed by atoms with Crippen molar-refractivity contribution in [3.63, 3.8) is 0 Å². The van der Waals surface area contributed by atoms with Gasteiger partial charge in [0.05, 0.1) is 62.6 Å². The molecule has 43 nitrogen and oxygen atoms in total. The molecule has 16 aromatic heterocycles. The first kappa shape index (κ1) is 136. The number of imidazole rings is 9. The molecule has 0 aliphatic carbocycles. The molecule has 3 radical (unpaired) electrons. The summed E-state index contributed by atoms with van der Waals surface area (Å²) in [6.45, 7) is 13.1. The van der Waals surface area contributed by atoms with E-state index in [4.69, 9.17) is 93.4 Å². The van der Waals surface area contributed by atoms with Crippen LogP contribution in [0.5, 0.6) is 0 Å². The third kappa shape index (κ3) is 44.5. The Bertz CT molecular complexity index is 6360. The van der Waals surface area contributed by atoms with E-state index in [1.165, 1.54) is 12.8 Å². The molecular weight excluding hydrogens is 2320 g/mol. The van der Waals surface area contributed by atoms with Crippen LogP contribution in [-0.2, 0) is 128 Å². The summed E-state index contributed by atoms with van der Waals surface area (Å²) in [5.74, 6) is 0.910. The molecule has 140 heavy (non-hydrogen) atoms. The largest absolute Gasteiger partial charge is 0.467 e. The number of nitrogens with two attached hydrogens (primary N) is 1. The Labute approximate surface area is 887 Å². The van der Waals surface area contributed by atoms with Crippen LogP contribution in [0.3, 0.4) is 0 Å². The monoisotopic (exact) mass is 2420 g/mol. The SMILES string of the molecule is C.C.C1CCOC1.CC(=O)O.CCO.CCOC(=O)c1cn2ccccc2n1.CCOC(=O)c1nc2ccccn2c1C#N.CCOC(=O)c1nc2ccccn2c1C=O.CCOC(=O)c1nc2ccccn2c1CO.CO.Cl.N#Cc1c(CCl)nc2ccccn12.N#Cc1c(CO)nc2ccccn12.N#Cc1c(Cn2[c-]ncc2)nc2ccccn12.NO.O=S(Cl)Cl.[B].[H-].[Na+].[O]=[Mn]=[O].[W].[W].[c-]1ncc[nH]1. The van der Waals surface area contributed by atoms with Crippen LogP contribution in [-0.4, -0.2) is 218 Å². The van der Waals surface area contributed by atoms with Crippen molar-refractivity contribution in [1.82, 2.24) is 85.2 Å². The smallest absolute Gasteiger partial charge is 0 e. The van der Waals surface area contributed by atoms with Gasteiger partial charge in [-0.3, -0.25) is 31.6 Å². The van der Waals surface area contributed by atoms with E-state index in [-0.39, 0.29) is 189 Å². The molecule has 0 bridgehead atoms. The zero-order valence-electron chi connectivity index (χ0n) is 75.9. The molecule has 17 heterocycles. The number of carbonyl (C=O) groups excluding carboxylic acids is 5. The Kier molecular flexibility index (Phi) is 77.5. The van der Waals surface area contributed by atoms with E-state index in [2.05, 4.69) is 102 Å². The molecule has 0 amide bonds. The van der Waals surface area contributed by atoms with E-state index in [0.717, 1.165) is 49.9 Å². The number of halogens is 4. The van der Waals surface area contributed by atoms with Gasteiger partial charge in [0.15, 0.2) is 34.8 Å². The second kappa shape index (κ2) is 79.6. The number of nitrogens with one attached hydrogen (secondary N) is 1. The number of rotatable bonds is 14. The molecule has 1 fully saturated rings. The number of aliphatic carboxylic acids is 1. The number of carboxylic acids is 1. The average Bonchev–Trinajstić information content (AvgIpc) is 1.66. The number of H-pyrrole nitrogens is 1. The maximum Gasteiger partial charge on any atom is 0 e. The first-order chi connectivity index (χ1) is 64.5. The number of aromatic amines is 1. The molecule has 1 saturated heterocycles. The average molecular weight is 2420 g/mol. The number of hydrogen-bond donors (Lipinski definition) is 8. The van der Waals surface area contributed by atoms with Gasteiger partial charge >= 0.3 is 75.9 Å². The van der Waals surface area contributed by atoms with Gasteiger partial charge in [-0.1, -0.05) is 57.3 Å². The van der Waals surface area contributed by atoms with Crippen molar-refractivity contribution in [1.29, 1.82) is 21.0 Å². The van der Waals surface area contributed by atoms with E-state index in [1.54, 1.807) is 180 Å². The number of fused-ring (bicyclic) bond motifs is 7. The fraction of sp³-hybridized carbons (Fsp3) is 0.253. The Morgan fingerprint density at radius 2 is 0.893 bits per heavy atom. The Balaban J connectivity index is -0.000000357. The zero-order valence-corrected chi connectivity index (χ0v) is 87.9. The van der Waals surface area contributed by atoms with Crippen LogP contribution in [0, 0.1) is 58.0 Å². The minimum absolute atomic E-state index is 0. The topological polar surface area (TPSA) is 610 Å². The summed E-state index contributed by atoms with van der Waals surface area (Å²) >= 11 is 4.22. The number of carbonyl (C=O) groups is 6. The molecule has 0 atom stereocenters. The number of aliphatic hydroxyl groups is 4. The van der Waals surface area contributed by atoms with Crippen molar-refractivity contribution in [2.75, 3.05) is 53.4 Å². The number of nitrogens with zero attached hydrogens (tertiary/aromatic N) is 21. The van der Waals surface area contributed by atoms with Crippen LogP contribution < -0.4 is 35.5 Å². The van der Waals surface area contributed by atoms with Crippen molar-refractivity contribution in [2.24, 2.45) is 5.90 Å². The number of ether oxygens (including phenoxy) is 5. The standard InChI is InChI=1S/C12H8N5.C11H9N3O2.C11H12N2O3.C11H10N2O3.C10H10N2O2.C9H6ClN3.C9H7N3O.C4H8O.C3H3N2.C2H4O2.C2H6O.CH4O.2CH4.B.Cl2OS.ClH.Mn.H3NO.Na.2O.2W.H/c13-7-11-10(8-16-6-4-14-9-16)15-12-3-1-2-5-17(11)12;1-2-16-11(15)10-8(7-12)14-6-4-3-5-9(14)13-10;2*1-2-16-11(15)10-8(7-14)13-6-4-3-5-9(13)12-10;1-2-14-10(13)8-7-12-6-4-3-5-9(12)11-8;10-5-7-8(6-11)13-4-2-1-3-9(13)12-7;10-5-8-7(6-13)11-9-3-1-2-4-12(8)9;1-2-4-5-3-1;1-2-5-3-4-1;1-2(3)4;1-2-3;1-2;;;;1-4(2)3;;;1-2;;;;;;/h1-6H,8H2;3-6H,2H2,1H3;3-6,14H,2,7H2,1H3;3-7H,2H2,1H3;3-7H,2H2,1H3;1-4H,5H2;1-4,13H,6H2;1-4H2;1-2H,(H,4,5);1H3,(H,3,4);3H,2H2,1H3;2H,1H3;2*1H4;;;1H;;2H,1H2;;;;;;/q-1;;;;;;;;-1;;;;;;;;;;;+1;;;;;-1. The predicted octanol–water partition coefficient (Wildman–Crippen LogP) is 8.38. The van der Waals surface area contributed by atoms with Crippen molar-refractivity contribution >= 4 is 139 Å². The minimum atomic E-state index is -1.67. The number of aldehydes is 1. The number of aromatic nitrogens is 18. The zero-order chi connectivity index (χ0) is 98.4. The second-order valence-electron chi connectivity index (χ2n) is 24.1. The van der Waals surface area contributed by atoms with Crippen LogP contribution in [0.2, 0.25) is 0 Å². The summed E-state index contributed by atoms with van der Waals surface area (Å²) < 4.78 is 63.7. The third-order valence-electron chi connectivity index (χ3n) is 15.8. The van der Waals surface area contributed by atoms with Gasteiger partial charge in [0.1, 0.15) is 92.3 Å². The Morgan fingerprint density at radius 1 is 0.543 bits per heavy atom. The molecule has 0 unspecified atom stereocenters. The van der Waals surface area contributed by atoms with Crippen molar-refractivity contribution in [2.45, 2.75) is 94.9 Å². The Morgan fingerprint density at radius 3 is 1.26 bits per heavy atom. The number of aliphatic hydroxyl groups excluding tert-OH is 4. The number of pyridine rings is 7. The van der Waals surface area contributed by atoms with Crippen LogP contribution in [0.25, 0.3) is 39.5 Å². The van der Waals surface area contributed by atoms with Crippen molar-refractivity contribution in [3.8, 4) is 24.3 Å². The molecule has 0 aromatic carbocycles. The van der Waals surface area contributed by atoms with E-state index in [9.17, 15) is 34.3 Å². The summed E-state index contributed by atoms with van der Waals surface area (Å²) in [6.07, 6.45) is 29.2. The van der Waals surface area contributed by atoms with Gasteiger partial charge in [0.2, 0.25) is 9.23 Å². The van der Waals surface area contributed by atoms with E-state index in [0.29, 0.717) is 81.9 Å². The number of hydrogen-bond acceptors (Lipinski definition) is 33. The van der Waals surface area contributed by atoms with E-state index >= 15 is 0 Å². The number of alkyl halides is 1. The molecule has 17 rings (SSSR count). The van der Waals surface area contributed by atoms with Crippen LogP contribution in [0.4, 0.5) is 0 Å². The minimum Gasteiger partial charge on any atom is -0.467 e. The second-order valence-corrected chi connectivity index (χ2v) is 27.1. The van der Waals surface area contributed by atoms with Gasteiger partial charge in [0, 0.05) is 168 Å². The van der Waals surface area contributed by atoms with Crippen LogP contribution >= 0.6 is 45.4 Å². The molecule has 1 aliphatic heterocycles. The van der Waals surface area contributed by atoms with Crippen molar-refractivity contribution in [3.05, 3.63) is 288 Å². The normalized spacial score (nSPS) is 9.61. The quantitative estimate of drug-likeness (QED) is 0.00740. The van der Waals surface area contributed by atoms with Gasteiger partial charge < -0.3 is 84.2 Å². The Hall–Kier alpha value is -12.2. The molecule has 9 N–H and O–H groups in total. The molecule has 16 aromatic rings. The molecule has 53 heteroatoms. The molecule has 0 spiro atoms. The third-order valence-corrected chi connectivity index (χ3v) is 16.0. The molecule has 0 saturated carbocycles. The fourth-order valence-corrected chi connectivity index (χ4v) is 10.9. The molecule has 1 aliphatic rings. The molecular formula is C87H100BCl4MnN23NaO20SW2-2.